The fraction of sp³-hybridized carbons (Fsp3) is 0.240. The van der Waals surface area contributed by atoms with Crippen LogP contribution in [-0.2, 0) is 25.7 Å². The molecule has 2 aromatic rings. The first kappa shape index (κ1) is 23.6. The molecule has 0 bridgehead atoms. The van der Waals surface area contributed by atoms with Gasteiger partial charge in [-0.3, -0.25) is 9.59 Å². The second kappa shape index (κ2) is 12.1. The number of esters is 2. The summed E-state index contributed by atoms with van der Waals surface area (Å²) in [5, 5.41) is 0. The van der Waals surface area contributed by atoms with Gasteiger partial charge in [0.2, 0.25) is 5.91 Å². The zero-order valence-corrected chi connectivity index (χ0v) is 17.9. The average molecular weight is 421 g/mol. The van der Waals surface area contributed by atoms with Crippen molar-refractivity contribution in [3.8, 4) is 0 Å². The Morgan fingerprint density at radius 1 is 1.00 bits per heavy atom. The highest BCUT2D eigenvalue weighted by Crippen LogP contribution is 2.13. The maximum Gasteiger partial charge on any atom is 0.338 e. The highest BCUT2D eigenvalue weighted by atomic mass is 16.5. The van der Waals surface area contributed by atoms with Crippen molar-refractivity contribution < 1.29 is 23.9 Å². The monoisotopic (exact) mass is 421 g/mol. The molecule has 162 valence electrons. The predicted molar refractivity (Wildman–Crippen MR) is 119 cm³/mol. The number of carbonyl (C=O) groups excluding carboxylic acids is 3. The molecule has 31 heavy (non-hydrogen) atoms. The van der Waals surface area contributed by atoms with Gasteiger partial charge in [-0.15, -0.1) is 6.58 Å². The lowest BCUT2D eigenvalue weighted by Crippen LogP contribution is -2.37. The molecule has 0 radical (unpaired) electrons. The van der Waals surface area contributed by atoms with Crippen LogP contribution in [0.5, 0.6) is 0 Å². The molecule has 0 saturated heterocycles. The number of rotatable bonds is 10. The minimum absolute atomic E-state index is 0.143. The molecule has 0 aromatic heterocycles. The van der Waals surface area contributed by atoms with Gasteiger partial charge in [0, 0.05) is 12.1 Å². The summed E-state index contributed by atoms with van der Waals surface area (Å²) in [5.74, 6) is -1.18. The quantitative estimate of drug-likeness (QED) is 0.329. The van der Waals surface area contributed by atoms with Crippen LogP contribution in [0.1, 0.15) is 35.3 Å². The van der Waals surface area contributed by atoms with Crippen molar-refractivity contribution in [1.29, 1.82) is 0 Å². The van der Waals surface area contributed by atoms with E-state index in [0.717, 1.165) is 11.1 Å². The zero-order valence-electron chi connectivity index (χ0n) is 17.9. The summed E-state index contributed by atoms with van der Waals surface area (Å²) < 4.78 is 10.2. The highest BCUT2D eigenvalue weighted by Gasteiger charge is 2.18. The van der Waals surface area contributed by atoms with Crippen LogP contribution < -0.4 is 0 Å². The largest absolute Gasteiger partial charge is 0.465 e. The van der Waals surface area contributed by atoms with Crippen molar-refractivity contribution in [3.05, 3.63) is 89.5 Å². The number of benzene rings is 2. The van der Waals surface area contributed by atoms with Crippen molar-refractivity contribution in [2.45, 2.75) is 20.5 Å². The molecule has 1 amide bonds. The van der Waals surface area contributed by atoms with Crippen molar-refractivity contribution in [1.82, 2.24) is 4.90 Å². The third-order valence-electron chi connectivity index (χ3n) is 4.34. The number of ether oxygens (including phenoxy) is 2. The van der Waals surface area contributed by atoms with Crippen LogP contribution in [0, 0.1) is 0 Å². The first-order valence-corrected chi connectivity index (χ1v) is 9.99. The molecule has 6 nitrogen and oxygen atoms in total. The van der Waals surface area contributed by atoms with E-state index in [0.29, 0.717) is 11.1 Å². The van der Waals surface area contributed by atoms with Gasteiger partial charge < -0.3 is 14.4 Å². The molecule has 0 aliphatic carbocycles. The van der Waals surface area contributed by atoms with Crippen LogP contribution in [0.3, 0.4) is 0 Å². The van der Waals surface area contributed by atoms with E-state index in [1.165, 1.54) is 4.90 Å². The van der Waals surface area contributed by atoms with Crippen LogP contribution in [0.2, 0.25) is 0 Å². The highest BCUT2D eigenvalue weighted by molar-refractivity contribution is 5.99. The molecule has 0 unspecified atom stereocenters. The Balaban J connectivity index is 2.01. The number of nitrogens with zero attached hydrogens (tertiary/aromatic N) is 1. The predicted octanol–water partition coefficient (Wildman–Crippen LogP) is 4.02. The minimum Gasteiger partial charge on any atom is -0.465 e. The maximum absolute atomic E-state index is 12.7. The standard InChI is InChI=1S/C25H27NO5/c1-4-15-26(17-23(27)30-5-2)24(28)19(3)16-20-11-13-22(14-12-20)25(29)31-18-21-9-7-6-8-10-21/h4,6-14,16H,1,5,15,17-18H2,2-3H3. The third-order valence-corrected chi connectivity index (χ3v) is 4.34. The van der Waals surface area contributed by atoms with Crippen LogP contribution >= 0.6 is 0 Å². The third kappa shape index (κ3) is 7.59. The van der Waals surface area contributed by atoms with Crippen molar-refractivity contribution >= 4 is 23.9 Å². The van der Waals surface area contributed by atoms with Gasteiger partial charge in [0.15, 0.2) is 0 Å². The number of amides is 1. The van der Waals surface area contributed by atoms with Gasteiger partial charge in [0.05, 0.1) is 12.2 Å². The summed E-state index contributed by atoms with van der Waals surface area (Å²) in [5.41, 5.74) is 2.54. The van der Waals surface area contributed by atoms with E-state index in [2.05, 4.69) is 6.58 Å². The first-order valence-electron chi connectivity index (χ1n) is 9.99. The van der Waals surface area contributed by atoms with Crippen molar-refractivity contribution in [3.63, 3.8) is 0 Å². The smallest absolute Gasteiger partial charge is 0.338 e. The lowest BCUT2D eigenvalue weighted by Gasteiger charge is -2.20. The summed E-state index contributed by atoms with van der Waals surface area (Å²) in [7, 11) is 0. The Morgan fingerprint density at radius 3 is 2.29 bits per heavy atom. The summed E-state index contributed by atoms with van der Waals surface area (Å²) in [6.07, 6.45) is 3.25. The molecule has 2 aromatic carbocycles. The molecule has 6 heteroatoms. The average Bonchev–Trinajstić information content (AvgIpc) is 2.78. The molecule has 0 spiro atoms. The van der Waals surface area contributed by atoms with Gasteiger partial charge in [-0.2, -0.15) is 0 Å². The van der Waals surface area contributed by atoms with E-state index in [-0.39, 0.29) is 32.2 Å². The fourth-order valence-corrected chi connectivity index (χ4v) is 2.82. The summed E-state index contributed by atoms with van der Waals surface area (Å²) >= 11 is 0. The molecule has 0 N–H and O–H groups in total. The topological polar surface area (TPSA) is 72.9 Å². The van der Waals surface area contributed by atoms with Crippen LogP contribution in [0.4, 0.5) is 0 Å². The number of hydrogen-bond donors (Lipinski definition) is 0. The Bertz CT molecular complexity index is 932. The van der Waals surface area contributed by atoms with E-state index in [4.69, 9.17) is 9.47 Å². The minimum atomic E-state index is -0.469. The molecule has 0 saturated carbocycles. The van der Waals surface area contributed by atoms with E-state index in [9.17, 15) is 14.4 Å². The summed E-state index contributed by atoms with van der Waals surface area (Å²) in [6.45, 7) is 7.56. The Hall–Kier alpha value is -3.67. The number of hydrogen-bond acceptors (Lipinski definition) is 5. The molecule has 0 aliphatic rings. The van der Waals surface area contributed by atoms with Gasteiger partial charge >= 0.3 is 11.9 Å². The summed E-state index contributed by atoms with van der Waals surface area (Å²) in [6, 6.07) is 16.2. The maximum atomic E-state index is 12.7. The van der Waals surface area contributed by atoms with Gasteiger partial charge in [0.25, 0.3) is 0 Å². The van der Waals surface area contributed by atoms with Crippen molar-refractivity contribution in [2.24, 2.45) is 0 Å². The lowest BCUT2D eigenvalue weighted by molar-refractivity contribution is -0.147. The van der Waals surface area contributed by atoms with Crippen LogP contribution in [0.15, 0.2) is 72.8 Å². The van der Waals surface area contributed by atoms with E-state index >= 15 is 0 Å². The van der Waals surface area contributed by atoms with Gasteiger partial charge in [-0.05, 0) is 43.2 Å². The second-order valence-corrected chi connectivity index (χ2v) is 6.79. The van der Waals surface area contributed by atoms with Crippen molar-refractivity contribution in [2.75, 3.05) is 19.7 Å². The van der Waals surface area contributed by atoms with Crippen LogP contribution in [-0.4, -0.2) is 42.4 Å². The van der Waals surface area contributed by atoms with E-state index < -0.39 is 11.9 Å². The molecule has 2 rings (SSSR count). The first-order chi connectivity index (χ1) is 14.9. The second-order valence-electron chi connectivity index (χ2n) is 6.79. The molecular formula is C25H27NO5. The molecule has 0 atom stereocenters. The van der Waals surface area contributed by atoms with Gasteiger partial charge in [-0.25, -0.2) is 4.79 Å². The SMILES string of the molecule is C=CCN(CC(=O)OCC)C(=O)C(C)=Cc1ccc(C(=O)OCc2ccccc2)cc1. The van der Waals surface area contributed by atoms with E-state index in [1.807, 2.05) is 30.3 Å². The zero-order chi connectivity index (χ0) is 22.6. The Labute approximate surface area is 182 Å². The molecule has 0 aliphatic heterocycles. The number of carbonyl (C=O) groups is 3. The van der Waals surface area contributed by atoms with E-state index in [1.54, 1.807) is 50.3 Å². The van der Waals surface area contributed by atoms with Crippen LogP contribution in [0.25, 0.3) is 6.08 Å². The summed E-state index contributed by atoms with van der Waals surface area (Å²) in [4.78, 5) is 38.0. The molecular weight excluding hydrogens is 394 g/mol. The lowest BCUT2D eigenvalue weighted by atomic mass is 10.1. The molecule has 0 fully saturated rings. The Kier molecular flexibility index (Phi) is 9.23. The fourth-order valence-electron chi connectivity index (χ4n) is 2.82. The Morgan fingerprint density at radius 2 is 1.68 bits per heavy atom. The molecule has 0 heterocycles. The normalized spacial score (nSPS) is 10.8. The van der Waals surface area contributed by atoms with Gasteiger partial charge in [-0.1, -0.05) is 48.5 Å². The van der Waals surface area contributed by atoms with Gasteiger partial charge in [0.1, 0.15) is 13.2 Å².